The molecule has 0 aliphatic rings. The highest BCUT2D eigenvalue weighted by molar-refractivity contribution is 5.93. The molecule has 43 heavy (non-hydrogen) atoms. The number of ether oxygens (including phenoxy) is 4. The molecule has 10 heteroatoms. The number of benzene rings is 3. The zero-order valence-corrected chi connectivity index (χ0v) is 23.4. The third-order valence-corrected chi connectivity index (χ3v) is 6.83. The van der Waals surface area contributed by atoms with Crippen molar-refractivity contribution < 1.29 is 23.3 Å². The number of aromatic nitrogens is 3. The minimum atomic E-state index is -0.611. The van der Waals surface area contributed by atoms with Gasteiger partial charge in [0, 0.05) is 54.5 Å². The Kier molecular flexibility index (Phi) is 7.84. The molecule has 9 nitrogen and oxygen atoms in total. The summed E-state index contributed by atoms with van der Waals surface area (Å²) in [6, 6.07) is 20.7. The van der Waals surface area contributed by atoms with Gasteiger partial charge in [0.25, 0.3) is 0 Å². The average molecular weight is 579 g/mol. The number of halogens is 1. The minimum Gasteiger partial charge on any atom is -0.493 e. The van der Waals surface area contributed by atoms with Crippen LogP contribution in [0.1, 0.15) is 0 Å². The Bertz CT molecular complexity index is 1980. The molecule has 0 radical (unpaired) electrons. The van der Waals surface area contributed by atoms with Crippen LogP contribution < -0.4 is 25.0 Å². The highest BCUT2D eigenvalue weighted by atomic mass is 19.1. The van der Waals surface area contributed by atoms with Gasteiger partial charge in [-0.2, -0.15) is 0 Å². The van der Waals surface area contributed by atoms with E-state index in [1.807, 2.05) is 30.3 Å². The van der Waals surface area contributed by atoms with E-state index in [-0.39, 0.29) is 11.2 Å². The molecule has 0 unspecified atom stereocenters. The summed E-state index contributed by atoms with van der Waals surface area (Å²) in [5, 5.41) is 4.08. The Morgan fingerprint density at radius 2 is 1.70 bits per heavy atom. The van der Waals surface area contributed by atoms with Gasteiger partial charge in [0.05, 0.1) is 30.1 Å². The van der Waals surface area contributed by atoms with Crippen molar-refractivity contribution in [2.24, 2.45) is 0 Å². The summed E-state index contributed by atoms with van der Waals surface area (Å²) in [4.78, 5) is 25.4. The van der Waals surface area contributed by atoms with Crippen LogP contribution in [0.5, 0.6) is 23.0 Å². The standard InChI is InChI=1S/C33H27FN4O5/c1-40-14-15-42-30-18-26-22(17-29(30)41-2)27(11-13-35-26)43-28-9-8-21(16-24(28)34)38-33-31-25(10-12-36-33)37-19-23(32(31)39)20-6-4-3-5-7-20/h3-13,16-19H,14-15H2,1-2H3,(H,36,38)(H,37,39). The number of hydrogen-bond donors (Lipinski definition) is 2. The van der Waals surface area contributed by atoms with Gasteiger partial charge in [0.15, 0.2) is 23.1 Å². The summed E-state index contributed by atoms with van der Waals surface area (Å²) >= 11 is 0. The quantitative estimate of drug-likeness (QED) is 0.170. The van der Waals surface area contributed by atoms with Gasteiger partial charge in [0.2, 0.25) is 5.43 Å². The minimum absolute atomic E-state index is 0.00697. The van der Waals surface area contributed by atoms with Gasteiger partial charge in [-0.1, -0.05) is 30.3 Å². The number of pyridine rings is 3. The van der Waals surface area contributed by atoms with E-state index >= 15 is 4.39 Å². The predicted octanol–water partition coefficient (Wildman–Crippen LogP) is 6.85. The van der Waals surface area contributed by atoms with E-state index in [0.717, 1.165) is 5.56 Å². The largest absolute Gasteiger partial charge is 0.493 e. The van der Waals surface area contributed by atoms with Crippen LogP contribution in [0.25, 0.3) is 32.9 Å². The third-order valence-electron chi connectivity index (χ3n) is 6.83. The first kappa shape index (κ1) is 27.7. The monoisotopic (exact) mass is 578 g/mol. The maximum atomic E-state index is 15.4. The van der Waals surface area contributed by atoms with Crippen LogP contribution >= 0.6 is 0 Å². The maximum Gasteiger partial charge on any atom is 0.200 e. The van der Waals surface area contributed by atoms with Crippen molar-refractivity contribution in [3.8, 4) is 34.1 Å². The van der Waals surface area contributed by atoms with Gasteiger partial charge in [-0.05, 0) is 35.9 Å². The van der Waals surface area contributed by atoms with Gasteiger partial charge in [-0.15, -0.1) is 0 Å². The van der Waals surface area contributed by atoms with Crippen molar-refractivity contribution in [1.29, 1.82) is 0 Å². The molecule has 3 aromatic heterocycles. The first-order valence-electron chi connectivity index (χ1n) is 13.4. The van der Waals surface area contributed by atoms with Crippen molar-refractivity contribution in [1.82, 2.24) is 15.0 Å². The Morgan fingerprint density at radius 1 is 0.860 bits per heavy atom. The SMILES string of the molecule is COCCOc1cc2nccc(Oc3ccc(Nc4nccc5[nH]cc(-c6ccccc6)c(=O)c45)cc3F)c2cc1OC. The fraction of sp³-hybridized carbons (Fsp3) is 0.121. The fourth-order valence-electron chi connectivity index (χ4n) is 4.73. The van der Waals surface area contributed by atoms with Crippen LogP contribution in [0.4, 0.5) is 15.9 Å². The molecule has 0 aliphatic heterocycles. The van der Waals surface area contributed by atoms with Crippen LogP contribution in [0.2, 0.25) is 0 Å². The second-order valence-electron chi connectivity index (χ2n) is 9.52. The van der Waals surface area contributed by atoms with Gasteiger partial charge in [-0.3, -0.25) is 9.78 Å². The molecule has 3 heterocycles. The first-order valence-corrected chi connectivity index (χ1v) is 13.4. The van der Waals surface area contributed by atoms with Gasteiger partial charge >= 0.3 is 0 Å². The Morgan fingerprint density at radius 3 is 2.49 bits per heavy atom. The number of nitrogens with one attached hydrogen (secondary N) is 2. The smallest absolute Gasteiger partial charge is 0.200 e. The Labute approximate surface area is 245 Å². The highest BCUT2D eigenvalue weighted by Crippen LogP contribution is 2.38. The first-order chi connectivity index (χ1) is 21.1. The number of hydrogen-bond acceptors (Lipinski definition) is 8. The molecular formula is C33H27FN4O5. The number of fused-ring (bicyclic) bond motifs is 2. The van der Waals surface area contributed by atoms with Crippen LogP contribution in [-0.2, 0) is 4.74 Å². The van der Waals surface area contributed by atoms with Crippen molar-refractivity contribution in [2.45, 2.75) is 0 Å². The molecule has 0 fully saturated rings. The molecule has 3 aromatic carbocycles. The van der Waals surface area contributed by atoms with Gasteiger partial charge < -0.3 is 29.2 Å². The van der Waals surface area contributed by atoms with Crippen molar-refractivity contribution >= 4 is 33.3 Å². The lowest BCUT2D eigenvalue weighted by Crippen LogP contribution is -2.10. The lowest BCUT2D eigenvalue weighted by molar-refractivity contribution is 0.144. The molecule has 0 spiro atoms. The lowest BCUT2D eigenvalue weighted by atomic mass is 10.1. The Balaban J connectivity index is 1.29. The fourth-order valence-corrected chi connectivity index (χ4v) is 4.73. The zero-order chi connectivity index (χ0) is 29.8. The number of nitrogens with zero attached hydrogens (tertiary/aromatic N) is 2. The van der Waals surface area contributed by atoms with E-state index in [1.54, 1.807) is 56.0 Å². The number of aromatic amines is 1. The van der Waals surface area contributed by atoms with E-state index < -0.39 is 5.82 Å². The zero-order valence-electron chi connectivity index (χ0n) is 23.4. The number of rotatable bonds is 10. The Hall–Kier alpha value is -5.48. The summed E-state index contributed by atoms with van der Waals surface area (Å²) < 4.78 is 37.7. The van der Waals surface area contributed by atoms with Crippen LogP contribution in [0.15, 0.2) is 96.2 Å². The second-order valence-corrected chi connectivity index (χ2v) is 9.52. The maximum absolute atomic E-state index is 15.4. The average Bonchev–Trinajstić information content (AvgIpc) is 3.03. The number of H-pyrrole nitrogens is 1. The van der Waals surface area contributed by atoms with E-state index in [1.165, 1.54) is 19.2 Å². The van der Waals surface area contributed by atoms with Crippen LogP contribution in [0, 0.1) is 5.82 Å². The van der Waals surface area contributed by atoms with Crippen molar-refractivity contribution in [3.05, 3.63) is 107 Å². The molecule has 216 valence electrons. The molecule has 0 bridgehead atoms. The van der Waals surface area contributed by atoms with Crippen LogP contribution in [0.3, 0.4) is 0 Å². The van der Waals surface area contributed by atoms with Crippen molar-refractivity contribution in [2.75, 3.05) is 32.8 Å². The summed E-state index contributed by atoms with van der Waals surface area (Å²) in [5.74, 6) is 1.08. The van der Waals surface area contributed by atoms with Gasteiger partial charge in [-0.25, -0.2) is 9.37 Å². The molecular weight excluding hydrogens is 551 g/mol. The highest BCUT2D eigenvalue weighted by Gasteiger charge is 2.16. The van der Waals surface area contributed by atoms with E-state index in [9.17, 15) is 4.79 Å². The molecule has 2 N–H and O–H groups in total. The van der Waals surface area contributed by atoms with Crippen molar-refractivity contribution in [3.63, 3.8) is 0 Å². The van der Waals surface area contributed by atoms with E-state index in [2.05, 4.69) is 20.3 Å². The molecule has 6 aromatic rings. The summed E-state index contributed by atoms with van der Waals surface area (Å²) in [7, 11) is 3.13. The van der Waals surface area contributed by atoms with Gasteiger partial charge in [0.1, 0.15) is 18.2 Å². The van der Waals surface area contributed by atoms with E-state index in [0.29, 0.717) is 69.3 Å². The summed E-state index contributed by atoms with van der Waals surface area (Å²) in [5.41, 5.74) is 2.69. The molecule has 0 aliphatic carbocycles. The molecule has 0 amide bonds. The summed E-state index contributed by atoms with van der Waals surface area (Å²) in [6.45, 7) is 0.765. The topological polar surface area (TPSA) is 108 Å². The molecule has 6 rings (SSSR count). The number of anilines is 2. The lowest BCUT2D eigenvalue weighted by Gasteiger charge is -2.14. The normalized spacial score (nSPS) is 11.0. The molecule has 0 atom stereocenters. The van der Waals surface area contributed by atoms with E-state index in [4.69, 9.17) is 18.9 Å². The molecule has 0 saturated heterocycles. The third kappa shape index (κ3) is 5.68. The van der Waals surface area contributed by atoms with Crippen LogP contribution in [-0.4, -0.2) is 42.4 Å². The predicted molar refractivity (Wildman–Crippen MR) is 163 cm³/mol. The summed E-state index contributed by atoms with van der Waals surface area (Å²) in [6.07, 6.45) is 4.83. The molecule has 0 saturated carbocycles. The number of methoxy groups -OCH3 is 2. The second kappa shape index (κ2) is 12.2.